The normalized spacial score (nSPS) is 14.5. The molecule has 158 valence electrons. The molecule has 1 N–H and O–H groups in total. The zero-order chi connectivity index (χ0) is 20.9. The SMILES string of the molecule is CC(C)C(=O)NCCc1nnc2n1CCN(Cc1nc(-c3ccccc3)cs1)CC2. The van der Waals surface area contributed by atoms with Crippen molar-refractivity contribution in [2.24, 2.45) is 5.92 Å². The minimum atomic E-state index is 0.00217. The van der Waals surface area contributed by atoms with Crippen molar-refractivity contribution < 1.29 is 4.79 Å². The van der Waals surface area contributed by atoms with Crippen LogP contribution < -0.4 is 5.32 Å². The molecule has 1 aromatic carbocycles. The van der Waals surface area contributed by atoms with Crippen LogP contribution in [-0.4, -0.2) is 50.2 Å². The summed E-state index contributed by atoms with van der Waals surface area (Å²) in [6.45, 7) is 8.01. The first kappa shape index (κ1) is 20.7. The fourth-order valence-corrected chi connectivity index (χ4v) is 4.43. The fraction of sp³-hybridized carbons (Fsp3) is 0.455. The monoisotopic (exact) mass is 424 g/mol. The van der Waals surface area contributed by atoms with E-state index >= 15 is 0 Å². The second-order valence-corrected chi connectivity index (χ2v) is 8.84. The fourth-order valence-electron chi connectivity index (χ4n) is 3.59. The van der Waals surface area contributed by atoms with Gasteiger partial charge in [0.15, 0.2) is 0 Å². The Morgan fingerprint density at radius 1 is 1.17 bits per heavy atom. The van der Waals surface area contributed by atoms with Gasteiger partial charge in [-0.05, 0) is 0 Å². The Labute approximate surface area is 181 Å². The van der Waals surface area contributed by atoms with Gasteiger partial charge in [0.1, 0.15) is 16.7 Å². The minimum absolute atomic E-state index is 0.00217. The van der Waals surface area contributed by atoms with E-state index in [0.717, 1.165) is 60.5 Å². The van der Waals surface area contributed by atoms with Crippen LogP contribution >= 0.6 is 11.3 Å². The summed E-state index contributed by atoms with van der Waals surface area (Å²) in [5.74, 6) is 2.07. The summed E-state index contributed by atoms with van der Waals surface area (Å²) in [6.07, 6.45) is 1.58. The van der Waals surface area contributed by atoms with Crippen molar-refractivity contribution in [3.63, 3.8) is 0 Å². The van der Waals surface area contributed by atoms with Gasteiger partial charge in [0.2, 0.25) is 5.91 Å². The van der Waals surface area contributed by atoms with Crippen LogP contribution in [0, 0.1) is 5.92 Å². The smallest absolute Gasteiger partial charge is 0.222 e. The Morgan fingerprint density at radius 3 is 2.80 bits per heavy atom. The van der Waals surface area contributed by atoms with Gasteiger partial charge in [-0.2, -0.15) is 0 Å². The Kier molecular flexibility index (Phi) is 6.54. The zero-order valence-corrected chi connectivity index (χ0v) is 18.4. The van der Waals surface area contributed by atoms with E-state index in [2.05, 4.69) is 42.5 Å². The van der Waals surface area contributed by atoms with Gasteiger partial charge >= 0.3 is 0 Å². The summed E-state index contributed by atoms with van der Waals surface area (Å²) in [5, 5.41) is 15.0. The van der Waals surface area contributed by atoms with Gasteiger partial charge in [0.25, 0.3) is 0 Å². The number of nitrogens with one attached hydrogen (secondary N) is 1. The number of hydrogen-bond acceptors (Lipinski definition) is 6. The van der Waals surface area contributed by atoms with Crippen LogP contribution in [0.25, 0.3) is 11.3 Å². The molecule has 3 aromatic rings. The van der Waals surface area contributed by atoms with Gasteiger partial charge in [-0.1, -0.05) is 44.2 Å². The summed E-state index contributed by atoms with van der Waals surface area (Å²) in [5.41, 5.74) is 2.21. The molecule has 0 aliphatic carbocycles. The third-order valence-corrected chi connectivity index (χ3v) is 6.18. The standard InChI is InChI=1S/C22H28N6OS/c1-16(2)22(29)23-10-8-19-25-26-20-9-11-27(12-13-28(19)20)14-21-24-18(15-30-21)17-6-4-3-5-7-17/h3-7,15-16H,8-14H2,1-2H3,(H,23,29). The van der Waals surface area contributed by atoms with E-state index < -0.39 is 0 Å². The van der Waals surface area contributed by atoms with Gasteiger partial charge in [-0.15, -0.1) is 21.5 Å². The summed E-state index contributed by atoms with van der Waals surface area (Å²) < 4.78 is 2.22. The van der Waals surface area contributed by atoms with Crippen LogP contribution in [0.1, 0.15) is 30.5 Å². The maximum absolute atomic E-state index is 11.8. The molecule has 0 fully saturated rings. The van der Waals surface area contributed by atoms with E-state index in [1.54, 1.807) is 11.3 Å². The van der Waals surface area contributed by atoms with Crippen molar-refractivity contribution in [2.45, 2.75) is 39.8 Å². The van der Waals surface area contributed by atoms with Crippen molar-refractivity contribution >= 4 is 17.2 Å². The first-order chi connectivity index (χ1) is 14.6. The number of aromatic nitrogens is 4. The van der Waals surface area contributed by atoms with E-state index in [0.29, 0.717) is 13.0 Å². The lowest BCUT2D eigenvalue weighted by molar-refractivity contribution is -0.123. The van der Waals surface area contributed by atoms with Gasteiger partial charge < -0.3 is 9.88 Å². The van der Waals surface area contributed by atoms with Crippen LogP contribution in [-0.2, 0) is 30.7 Å². The third-order valence-electron chi connectivity index (χ3n) is 5.35. The molecule has 0 saturated heterocycles. The molecule has 1 amide bonds. The van der Waals surface area contributed by atoms with Crippen LogP contribution in [0.4, 0.5) is 0 Å². The number of carbonyl (C=O) groups is 1. The largest absolute Gasteiger partial charge is 0.355 e. The molecule has 0 atom stereocenters. The molecule has 1 aliphatic heterocycles. The lowest BCUT2D eigenvalue weighted by Gasteiger charge is -2.18. The average Bonchev–Trinajstić information content (AvgIpc) is 3.32. The Balaban J connectivity index is 1.33. The third kappa shape index (κ3) is 4.94. The molecule has 3 heterocycles. The quantitative estimate of drug-likeness (QED) is 0.631. The topological polar surface area (TPSA) is 75.9 Å². The highest BCUT2D eigenvalue weighted by Crippen LogP contribution is 2.23. The Morgan fingerprint density at radius 2 is 2.00 bits per heavy atom. The van der Waals surface area contributed by atoms with Crippen molar-refractivity contribution in [3.8, 4) is 11.3 Å². The molecular formula is C22H28N6OS. The second kappa shape index (κ2) is 9.49. The maximum atomic E-state index is 11.8. The molecule has 7 nitrogen and oxygen atoms in total. The molecule has 1 aliphatic rings. The molecular weight excluding hydrogens is 396 g/mol. The predicted octanol–water partition coefficient (Wildman–Crippen LogP) is 2.77. The number of amides is 1. The van der Waals surface area contributed by atoms with Gasteiger partial charge in [-0.3, -0.25) is 9.69 Å². The van der Waals surface area contributed by atoms with Gasteiger partial charge in [0.05, 0.1) is 12.2 Å². The van der Waals surface area contributed by atoms with E-state index in [1.165, 1.54) is 0 Å². The average molecular weight is 425 g/mol. The molecule has 30 heavy (non-hydrogen) atoms. The van der Waals surface area contributed by atoms with Crippen LogP contribution in [0.2, 0.25) is 0 Å². The summed E-state index contributed by atoms with van der Waals surface area (Å²) in [4.78, 5) is 19.0. The van der Waals surface area contributed by atoms with Crippen molar-refractivity contribution in [2.75, 3.05) is 19.6 Å². The number of fused-ring (bicyclic) bond motifs is 1. The van der Waals surface area contributed by atoms with Crippen LogP contribution in [0.15, 0.2) is 35.7 Å². The molecule has 8 heteroatoms. The van der Waals surface area contributed by atoms with E-state index in [1.807, 2.05) is 32.0 Å². The van der Waals surface area contributed by atoms with E-state index in [-0.39, 0.29) is 11.8 Å². The summed E-state index contributed by atoms with van der Waals surface area (Å²) in [7, 11) is 0. The number of nitrogens with zero attached hydrogens (tertiary/aromatic N) is 5. The van der Waals surface area contributed by atoms with Gasteiger partial charge in [-0.25, -0.2) is 4.98 Å². The highest BCUT2D eigenvalue weighted by atomic mass is 32.1. The molecule has 0 bridgehead atoms. The Hall–Kier alpha value is -2.58. The molecule has 0 saturated carbocycles. The number of benzene rings is 1. The molecule has 0 radical (unpaired) electrons. The lowest BCUT2D eigenvalue weighted by atomic mass is 10.2. The van der Waals surface area contributed by atoms with E-state index in [9.17, 15) is 4.79 Å². The number of rotatable bonds is 7. The Bertz CT molecular complexity index is 981. The summed E-state index contributed by atoms with van der Waals surface area (Å²) >= 11 is 1.72. The number of thiazole rings is 1. The van der Waals surface area contributed by atoms with Crippen molar-refractivity contribution in [3.05, 3.63) is 52.4 Å². The molecule has 0 unspecified atom stereocenters. The maximum Gasteiger partial charge on any atom is 0.222 e. The number of hydrogen-bond donors (Lipinski definition) is 1. The molecule has 0 spiro atoms. The van der Waals surface area contributed by atoms with Crippen LogP contribution in [0.5, 0.6) is 0 Å². The first-order valence-corrected chi connectivity index (χ1v) is 11.4. The second-order valence-electron chi connectivity index (χ2n) is 7.90. The van der Waals surface area contributed by atoms with E-state index in [4.69, 9.17) is 4.98 Å². The van der Waals surface area contributed by atoms with Crippen molar-refractivity contribution in [1.82, 2.24) is 30.0 Å². The molecule has 4 rings (SSSR count). The van der Waals surface area contributed by atoms with Crippen LogP contribution in [0.3, 0.4) is 0 Å². The van der Waals surface area contributed by atoms with Crippen molar-refractivity contribution in [1.29, 1.82) is 0 Å². The first-order valence-electron chi connectivity index (χ1n) is 10.5. The van der Waals surface area contributed by atoms with Gasteiger partial charge in [0, 0.05) is 55.9 Å². The molecule has 2 aromatic heterocycles. The minimum Gasteiger partial charge on any atom is -0.355 e. The number of carbonyl (C=O) groups excluding carboxylic acids is 1. The predicted molar refractivity (Wildman–Crippen MR) is 118 cm³/mol. The lowest BCUT2D eigenvalue weighted by Crippen LogP contribution is -2.30. The zero-order valence-electron chi connectivity index (χ0n) is 17.5. The summed E-state index contributed by atoms with van der Waals surface area (Å²) in [6, 6.07) is 10.3. The highest BCUT2D eigenvalue weighted by molar-refractivity contribution is 7.09. The highest BCUT2D eigenvalue weighted by Gasteiger charge is 2.20.